The lowest BCUT2D eigenvalue weighted by Crippen LogP contribution is -2.53. The third-order valence-electron chi connectivity index (χ3n) is 5.03. The summed E-state index contributed by atoms with van der Waals surface area (Å²) in [5.74, 6) is 0.570. The topological polar surface area (TPSA) is 64.3 Å². The zero-order valence-corrected chi connectivity index (χ0v) is 13.0. The first-order valence-electron chi connectivity index (χ1n) is 7.39. The molecule has 1 amide bonds. The summed E-state index contributed by atoms with van der Waals surface area (Å²) in [6.07, 6.45) is 2.71. The minimum absolute atomic E-state index is 0.0485. The summed E-state index contributed by atoms with van der Waals surface area (Å²) in [7, 11) is 1.67. The standard InChI is InChI=1S/C15H30N2O2/c1-6-11(9-19-5)17-14(18)12-7-8-13(16)10(2)15(12,3)4/h10-13H,6-9,16H2,1-5H3,(H,17,18). The van der Waals surface area contributed by atoms with E-state index in [-0.39, 0.29) is 29.3 Å². The highest BCUT2D eigenvalue weighted by Crippen LogP contribution is 2.44. The Hall–Kier alpha value is -0.610. The van der Waals surface area contributed by atoms with Crippen LogP contribution in [0.4, 0.5) is 0 Å². The average molecular weight is 270 g/mol. The minimum atomic E-state index is -0.0485. The van der Waals surface area contributed by atoms with Gasteiger partial charge in [0.15, 0.2) is 0 Å². The molecule has 1 aliphatic rings. The Morgan fingerprint density at radius 2 is 2.11 bits per heavy atom. The molecule has 0 aromatic carbocycles. The van der Waals surface area contributed by atoms with E-state index in [9.17, 15) is 4.79 Å². The molecule has 0 heterocycles. The van der Waals surface area contributed by atoms with E-state index in [4.69, 9.17) is 10.5 Å². The Balaban J connectivity index is 2.70. The lowest BCUT2D eigenvalue weighted by Gasteiger charge is -2.46. The Labute approximate surface area is 117 Å². The zero-order valence-electron chi connectivity index (χ0n) is 13.0. The molecule has 19 heavy (non-hydrogen) atoms. The van der Waals surface area contributed by atoms with Crippen molar-refractivity contribution in [2.45, 2.75) is 59.0 Å². The first kappa shape index (κ1) is 16.4. The summed E-state index contributed by atoms with van der Waals surface area (Å²) in [4.78, 5) is 12.5. The number of hydrogen-bond acceptors (Lipinski definition) is 3. The molecule has 1 rings (SSSR count). The maximum Gasteiger partial charge on any atom is 0.223 e. The van der Waals surface area contributed by atoms with E-state index in [0.717, 1.165) is 19.3 Å². The molecule has 112 valence electrons. The molecule has 1 aliphatic carbocycles. The van der Waals surface area contributed by atoms with Crippen molar-refractivity contribution in [3.05, 3.63) is 0 Å². The maximum absolute atomic E-state index is 12.5. The largest absolute Gasteiger partial charge is 0.383 e. The second-order valence-corrected chi connectivity index (χ2v) is 6.47. The van der Waals surface area contributed by atoms with Crippen molar-refractivity contribution in [1.82, 2.24) is 5.32 Å². The Morgan fingerprint density at radius 1 is 1.47 bits per heavy atom. The highest BCUT2D eigenvalue weighted by atomic mass is 16.5. The van der Waals surface area contributed by atoms with Gasteiger partial charge in [0.05, 0.1) is 12.6 Å². The summed E-state index contributed by atoms with van der Waals surface area (Å²) in [5, 5.41) is 3.12. The van der Waals surface area contributed by atoms with Gasteiger partial charge in [-0.1, -0.05) is 27.7 Å². The van der Waals surface area contributed by atoms with Gasteiger partial charge in [0.25, 0.3) is 0 Å². The molecule has 0 spiro atoms. The molecular weight excluding hydrogens is 240 g/mol. The average Bonchev–Trinajstić information content (AvgIpc) is 2.35. The first-order valence-corrected chi connectivity index (χ1v) is 7.39. The molecule has 0 aliphatic heterocycles. The molecule has 4 unspecified atom stereocenters. The lowest BCUT2D eigenvalue weighted by atomic mass is 9.61. The highest BCUT2D eigenvalue weighted by Gasteiger charge is 2.45. The van der Waals surface area contributed by atoms with Crippen molar-refractivity contribution >= 4 is 5.91 Å². The maximum atomic E-state index is 12.5. The van der Waals surface area contributed by atoms with Crippen molar-refractivity contribution < 1.29 is 9.53 Å². The number of amides is 1. The molecule has 4 nitrogen and oxygen atoms in total. The molecule has 0 aromatic heterocycles. The number of ether oxygens (including phenoxy) is 1. The van der Waals surface area contributed by atoms with E-state index < -0.39 is 0 Å². The number of rotatable bonds is 5. The predicted molar refractivity (Wildman–Crippen MR) is 77.7 cm³/mol. The Kier molecular flexibility index (Phi) is 5.81. The molecule has 0 saturated heterocycles. The van der Waals surface area contributed by atoms with Gasteiger partial charge in [0, 0.05) is 19.1 Å². The van der Waals surface area contributed by atoms with Crippen molar-refractivity contribution in [1.29, 1.82) is 0 Å². The fraction of sp³-hybridized carbons (Fsp3) is 0.933. The summed E-state index contributed by atoms with van der Waals surface area (Å²) >= 11 is 0. The van der Waals surface area contributed by atoms with Gasteiger partial charge >= 0.3 is 0 Å². The number of methoxy groups -OCH3 is 1. The van der Waals surface area contributed by atoms with Crippen LogP contribution < -0.4 is 11.1 Å². The van der Waals surface area contributed by atoms with Crippen LogP contribution in [0.3, 0.4) is 0 Å². The van der Waals surface area contributed by atoms with Crippen molar-refractivity contribution in [2.75, 3.05) is 13.7 Å². The van der Waals surface area contributed by atoms with E-state index in [2.05, 4.69) is 33.0 Å². The normalized spacial score (nSPS) is 31.8. The quantitative estimate of drug-likeness (QED) is 0.802. The zero-order chi connectivity index (χ0) is 14.6. The van der Waals surface area contributed by atoms with Gasteiger partial charge in [0.1, 0.15) is 0 Å². The fourth-order valence-corrected chi connectivity index (χ4v) is 3.08. The van der Waals surface area contributed by atoms with Crippen LogP contribution in [0.5, 0.6) is 0 Å². The van der Waals surface area contributed by atoms with Crippen LogP contribution in [0.15, 0.2) is 0 Å². The van der Waals surface area contributed by atoms with Crippen LogP contribution in [0.1, 0.15) is 47.0 Å². The van der Waals surface area contributed by atoms with Crippen molar-refractivity contribution in [3.8, 4) is 0 Å². The van der Waals surface area contributed by atoms with Gasteiger partial charge in [-0.2, -0.15) is 0 Å². The summed E-state index contributed by atoms with van der Waals surface area (Å²) in [6, 6.07) is 0.319. The number of hydrogen-bond donors (Lipinski definition) is 2. The molecule has 0 aromatic rings. The van der Waals surface area contributed by atoms with Gasteiger partial charge in [0.2, 0.25) is 5.91 Å². The number of nitrogens with one attached hydrogen (secondary N) is 1. The van der Waals surface area contributed by atoms with Gasteiger partial charge in [-0.3, -0.25) is 4.79 Å². The monoisotopic (exact) mass is 270 g/mol. The lowest BCUT2D eigenvalue weighted by molar-refractivity contribution is -0.133. The fourth-order valence-electron chi connectivity index (χ4n) is 3.08. The van der Waals surface area contributed by atoms with Crippen LogP contribution >= 0.6 is 0 Å². The van der Waals surface area contributed by atoms with Gasteiger partial charge < -0.3 is 15.8 Å². The van der Waals surface area contributed by atoms with Gasteiger partial charge in [-0.15, -0.1) is 0 Å². The molecule has 0 radical (unpaired) electrons. The molecular formula is C15H30N2O2. The van der Waals surface area contributed by atoms with E-state index in [0.29, 0.717) is 12.5 Å². The number of nitrogens with two attached hydrogens (primary N) is 1. The Bertz CT molecular complexity index is 305. The van der Waals surface area contributed by atoms with Gasteiger partial charge in [-0.05, 0) is 30.6 Å². The molecule has 3 N–H and O–H groups in total. The second-order valence-electron chi connectivity index (χ2n) is 6.47. The molecule has 1 saturated carbocycles. The minimum Gasteiger partial charge on any atom is -0.383 e. The van der Waals surface area contributed by atoms with Crippen LogP contribution in [0.2, 0.25) is 0 Å². The SMILES string of the molecule is CCC(COC)NC(=O)C1CCC(N)C(C)C1(C)C. The van der Waals surface area contributed by atoms with Gasteiger partial charge in [-0.25, -0.2) is 0 Å². The van der Waals surface area contributed by atoms with E-state index in [1.807, 2.05) is 0 Å². The third kappa shape index (κ3) is 3.69. The molecule has 4 heteroatoms. The number of carbonyl (C=O) groups is 1. The Morgan fingerprint density at radius 3 is 2.63 bits per heavy atom. The smallest absolute Gasteiger partial charge is 0.223 e. The predicted octanol–water partition coefficient (Wildman–Crippen LogP) is 1.93. The van der Waals surface area contributed by atoms with Crippen LogP contribution in [-0.4, -0.2) is 31.7 Å². The second kappa shape index (κ2) is 6.71. The van der Waals surface area contributed by atoms with E-state index >= 15 is 0 Å². The van der Waals surface area contributed by atoms with Crippen LogP contribution in [0.25, 0.3) is 0 Å². The third-order valence-corrected chi connectivity index (χ3v) is 5.03. The summed E-state index contributed by atoms with van der Waals surface area (Å²) in [6.45, 7) is 9.13. The van der Waals surface area contributed by atoms with Crippen LogP contribution in [-0.2, 0) is 9.53 Å². The highest BCUT2D eigenvalue weighted by molar-refractivity contribution is 5.80. The van der Waals surface area contributed by atoms with E-state index in [1.165, 1.54) is 0 Å². The molecule has 1 fully saturated rings. The molecule has 4 atom stereocenters. The summed E-state index contributed by atoms with van der Waals surface area (Å²) in [5.41, 5.74) is 6.09. The number of carbonyl (C=O) groups excluding carboxylic acids is 1. The van der Waals surface area contributed by atoms with Crippen LogP contribution in [0, 0.1) is 17.3 Å². The van der Waals surface area contributed by atoms with Crippen molar-refractivity contribution in [3.63, 3.8) is 0 Å². The summed E-state index contributed by atoms with van der Waals surface area (Å²) < 4.78 is 5.14. The van der Waals surface area contributed by atoms with E-state index in [1.54, 1.807) is 7.11 Å². The van der Waals surface area contributed by atoms with Crippen molar-refractivity contribution in [2.24, 2.45) is 23.0 Å². The molecule has 0 bridgehead atoms. The first-order chi connectivity index (χ1) is 8.84.